The van der Waals surface area contributed by atoms with Gasteiger partial charge in [0.2, 0.25) is 0 Å². The molecule has 0 saturated heterocycles. The lowest BCUT2D eigenvalue weighted by atomic mass is 9.99. The maximum absolute atomic E-state index is 10.3. The van der Waals surface area contributed by atoms with Crippen molar-refractivity contribution >= 4 is 11.3 Å². The monoisotopic (exact) mass is 260 g/mol. The quantitative estimate of drug-likeness (QED) is 0.873. The first-order chi connectivity index (χ1) is 8.60. The number of hydrogen-bond acceptors (Lipinski definition) is 2. The summed E-state index contributed by atoms with van der Waals surface area (Å²) >= 11 is 1.80. The fourth-order valence-corrected chi connectivity index (χ4v) is 3.22. The third kappa shape index (κ3) is 3.01. The van der Waals surface area contributed by atoms with Gasteiger partial charge in [0, 0.05) is 16.2 Å². The molecular weight excluding hydrogens is 240 g/mol. The van der Waals surface area contributed by atoms with Gasteiger partial charge in [0.15, 0.2) is 0 Å². The van der Waals surface area contributed by atoms with Crippen LogP contribution in [0.5, 0.6) is 0 Å². The van der Waals surface area contributed by atoms with Crippen LogP contribution in [0.25, 0.3) is 0 Å². The first-order valence-corrected chi connectivity index (χ1v) is 7.24. The lowest BCUT2D eigenvalue weighted by molar-refractivity contribution is 0.178. The van der Waals surface area contributed by atoms with Crippen LogP contribution in [-0.2, 0) is 12.8 Å². The molecule has 0 amide bonds. The molecule has 2 aromatic rings. The summed E-state index contributed by atoms with van der Waals surface area (Å²) in [4.78, 5) is 2.65. The molecule has 96 valence electrons. The van der Waals surface area contributed by atoms with Crippen LogP contribution in [0.4, 0.5) is 0 Å². The summed E-state index contributed by atoms with van der Waals surface area (Å²) in [6, 6.07) is 10.5. The third-order valence-corrected chi connectivity index (χ3v) is 4.50. The number of aryl methyl sites for hydroxylation is 3. The maximum Gasteiger partial charge on any atom is 0.0840 e. The molecule has 1 aromatic carbocycles. The van der Waals surface area contributed by atoms with E-state index in [-0.39, 0.29) is 0 Å². The number of rotatable bonds is 4. The van der Waals surface area contributed by atoms with Crippen molar-refractivity contribution in [2.24, 2.45) is 0 Å². The Balaban J connectivity index is 2.13. The highest BCUT2D eigenvalue weighted by Crippen LogP contribution is 2.26. The van der Waals surface area contributed by atoms with Crippen molar-refractivity contribution in [2.75, 3.05) is 0 Å². The predicted octanol–water partition coefficient (Wildman–Crippen LogP) is 4.20. The van der Waals surface area contributed by atoms with Gasteiger partial charge in [0.1, 0.15) is 0 Å². The van der Waals surface area contributed by atoms with E-state index < -0.39 is 6.10 Å². The number of benzene rings is 1. The molecule has 1 heterocycles. The van der Waals surface area contributed by atoms with Crippen LogP contribution in [-0.4, -0.2) is 5.11 Å². The van der Waals surface area contributed by atoms with E-state index in [4.69, 9.17) is 0 Å². The minimum atomic E-state index is -0.394. The molecule has 0 aliphatic rings. The third-order valence-electron chi connectivity index (χ3n) is 3.24. The molecule has 2 rings (SSSR count). The van der Waals surface area contributed by atoms with Gasteiger partial charge < -0.3 is 5.11 Å². The zero-order valence-corrected chi connectivity index (χ0v) is 12.1. The Morgan fingerprint density at radius 2 is 1.83 bits per heavy atom. The number of aliphatic hydroxyl groups excluding tert-OH is 1. The molecule has 18 heavy (non-hydrogen) atoms. The lowest BCUT2D eigenvalue weighted by Crippen LogP contribution is -2.03. The second-order valence-electron chi connectivity index (χ2n) is 4.80. The molecule has 1 atom stereocenters. The number of aliphatic hydroxyl groups is 1. The zero-order chi connectivity index (χ0) is 13.1. The van der Waals surface area contributed by atoms with Crippen molar-refractivity contribution in [3.05, 3.63) is 56.8 Å². The van der Waals surface area contributed by atoms with E-state index in [9.17, 15) is 5.11 Å². The van der Waals surface area contributed by atoms with Gasteiger partial charge in [-0.05, 0) is 43.5 Å². The number of thiophene rings is 1. The summed E-state index contributed by atoms with van der Waals surface area (Å²) in [7, 11) is 0. The molecule has 2 heteroatoms. The fraction of sp³-hybridized carbons (Fsp3) is 0.375. The molecule has 0 aliphatic heterocycles. The Labute approximate surface area is 113 Å². The van der Waals surface area contributed by atoms with E-state index in [1.807, 2.05) is 6.07 Å². The topological polar surface area (TPSA) is 20.2 Å². The van der Waals surface area contributed by atoms with Crippen molar-refractivity contribution in [1.29, 1.82) is 0 Å². The second kappa shape index (κ2) is 5.68. The van der Waals surface area contributed by atoms with E-state index in [0.29, 0.717) is 6.42 Å². The smallest absolute Gasteiger partial charge is 0.0840 e. The van der Waals surface area contributed by atoms with Crippen molar-refractivity contribution in [3.8, 4) is 0 Å². The summed E-state index contributed by atoms with van der Waals surface area (Å²) in [6.45, 7) is 6.31. The largest absolute Gasteiger partial charge is 0.388 e. The lowest BCUT2D eigenvalue weighted by Gasteiger charge is -2.13. The summed E-state index contributed by atoms with van der Waals surface area (Å²) < 4.78 is 0. The molecule has 0 saturated carbocycles. The zero-order valence-electron chi connectivity index (χ0n) is 11.2. The van der Waals surface area contributed by atoms with E-state index in [2.05, 4.69) is 45.0 Å². The van der Waals surface area contributed by atoms with Gasteiger partial charge >= 0.3 is 0 Å². The van der Waals surface area contributed by atoms with Crippen LogP contribution in [0.3, 0.4) is 0 Å². The van der Waals surface area contributed by atoms with Crippen LogP contribution in [0.2, 0.25) is 0 Å². The van der Waals surface area contributed by atoms with E-state index >= 15 is 0 Å². The molecule has 0 fully saturated rings. The molecular formula is C16H20OS. The highest BCUT2D eigenvalue weighted by molar-refractivity contribution is 7.11. The van der Waals surface area contributed by atoms with Crippen molar-refractivity contribution in [1.82, 2.24) is 0 Å². The van der Waals surface area contributed by atoms with Gasteiger partial charge in [-0.25, -0.2) is 0 Å². The number of hydrogen-bond donors (Lipinski definition) is 1. The van der Waals surface area contributed by atoms with Crippen molar-refractivity contribution in [2.45, 2.75) is 39.7 Å². The summed E-state index contributed by atoms with van der Waals surface area (Å²) in [6.07, 6.45) is 1.40. The molecule has 1 nitrogen and oxygen atoms in total. The summed E-state index contributed by atoms with van der Waals surface area (Å²) in [5, 5.41) is 10.3. The minimum absolute atomic E-state index is 0.394. The van der Waals surface area contributed by atoms with Crippen LogP contribution in [0.15, 0.2) is 30.3 Å². The normalized spacial score (nSPS) is 12.7. The molecule has 1 unspecified atom stereocenters. The Kier molecular flexibility index (Phi) is 4.20. The van der Waals surface area contributed by atoms with Crippen LogP contribution in [0, 0.1) is 13.8 Å². The predicted molar refractivity (Wildman–Crippen MR) is 78.3 cm³/mol. The molecule has 0 spiro atoms. The van der Waals surface area contributed by atoms with Gasteiger partial charge in [-0.15, -0.1) is 11.3 Å². The van der Waals surface area contributed by atoms with Crippen LogP contribution < -0.4 is 0 Å². The van der Waals surface area contributed by atoms with E-state index in [0.717, 1.165) is 12.0 Å². The molecule has 0 bridgehead atoms. The van der Waals surface area contributed by atoms with Crippen molar-refractivity contribution < 1.29 is 5.11 Å². The standard InChI is InChI=1S/C16H20OS/c1-4-13-6-7-14(18-13)10-16(17)15-8-5-11(2)9-12(15)3/h5-9,16-17H,4,10H2,1-3H3. The average molecular weight is 260 g/mol. The molecule has 1 N–H and O–H groups in total. The highest BCUT2D eigenvalue weighted by Gasteiger charge is 2.12. The first kappa shape index (κ1) is 13.3. The fourth-order valence-electron chi connectivity index (χ4n) is 2.22. The van der Waals surface area contributed by atoms with Crippen LogP contribution in [0.1, 0.15) is 39.5 Å². The van der Waals surface area contributed by atoms with Gasteiger partial charge in [-0.1, -0.05) is 30.7 Å². The average Bonchev–Trinajstić information content (AvgIpc) is 2.76. The van der Waals surface area contributed by atoms with Gasteiger partial charge in [-0.3, -0.25) is 0 Å². The Morgan fingerprint density at radius 3 is 2.44 bits per heavy atom. The van der Waals surface area contributed by atoms with Gasteiger partial charge in [0.05, 0.1) is 6.10 Å². The maximum atomic E-state index is 10.3. The van der Waals surface area contributed by atoms with Crippen LogP contribution >= 0.6 is 11.3 Å². The van der Waals surface area contributed by atoms with Gasteiger partial charge in [0.25, 0.3) is 0 Å². The minimum Gasteiger partial charge on any atom is -0.388 e. The second-order valence-corrected chi connectivity index (χ2v) is 6.05. The summed E-state index contributed by atoms with van der Waals surface area (Å²) in [5.74, 6) is 0. The Morgan fingerprint density at radius 1 is 1.11 bits per heavy atom. The molecule has 0 radical (unpaired) electrons. The first-order valence-electron chi connectivity index (χ1n) is 6.43. The Bertz CT molecular complexity index is 528. The SMILES string of the molecule is CCc1ccc(CC(O)c2ccc(C)cc2C)s1. The Hall–Kier alpha value is -1.12. The summed E-state index contributed by atoms with van der Waals surface area (Å²) in [5.41, 5.74) is 3.47. The van der Waals surface area contributed by atoms with E-state index in [1.54, 1.807) is 11.3 Å². The van der Waals surface area contributed by atoms with E-state index in [1.165, 1.54) is 20.9 Å². The van der Waals surface area contributed by atoms with Gasteiger partial charge in [-0.2, -0.15) is 0 Å². The van der Waals surface area contributed by atoms with Crippen molar-refractivity contribution in [3.63, 3.8) is 0 Å². The molecule has 1 aromatic heterocycles. The highest BCUT2D eigenvalue weighted by atomic mass is 32.1. The molecule has 0 aliphatic carbocycles.